The van der Waals surface area contributed by atoms with Gasteiger partial charge in [0.25, 0.3) is 0 Å². The third-order valence-electron chi connectivity index (χ3n) is 2.59. The SMILES string of the molecule is NC1(Cc2cccc(CF)c2)CC1. The van der Waals surface area contributed by atoms with Crippen LogP contribution in [0.25, 0.3) is 0 Å². The molecular formula is C11H14FN. The van der Waals surface area contributed by atoms with Crippen LogP contribution >= 0.6 is 0 Å². The van der Waals surface area contributed by atoms with Gasteiger partial charge in [-0.05, 0) is 30.4 Å². The molecule has 1 saturated carbocycles. The Morgan fingerprint density at radius 2 is 2.00 bits per heavy atom. The molecule has 70 valence electrons. The van der Waals surface area contributed by atoms with Crippen LogP contribution in [-0.2, 0) is 13.1 Å². The Labute approximate surface area is 77.8 Å². The fourth-order valence-corrected chi connectivity index (χ4v) is 1.57. The predicted octanol–water partition coefficient (Wildman–Crippen LogP) is 2.19. The van der Waals surface area contributed by atoms with Crippen molar-refractivity contribution in [1.82, 2.24) is 0 Å². The highest BCUT2D eigenvalue weighted by molar-refractivity contribution is 5.26. The maximum absolute atomic E-state index is 12.3. The van der Waals surface area contributed by atoms with E-state index in [0.717, 1.165) is 30.4 Å². The summed E-state index contributed by atoms with van der Waals surface area (Å²) in [5.41, 5.74) is 7.91. The van der Waals surface area contributed by atoms with Crippen LogP contribution in [0.4, 0.5) is 4.39 Å². The predicted molar refractivity (Wildman–Crippen MR) is 51.1 cm³/mol. The third kappa shape index (κ3) is 2.07. The lowest BCUT2D eigenvalue weighted by atomic mass is 10.0. The van der Waals surface area contributed by atoms with E-state index in [2.05, 4.69) is 0 Å². The summed E-state index contributed by atoms with van der Waals surface area (Å²) < 4.78 is 12.3. The van der Waals surface area contributed by atoms with E-state index in [1.165, 1.54) is 0 Å². The van der Waals surface area contributed by atoms with Crippen LogP contribution in [0.15, 0.2) is 24.3 Å². The topological polar surface area (TPSA) is 26.0 Å². The van der Waals surface area contributed by atoms with Gasteiger partial charge in [-0.2, -0.15) is 0 Å². The first-order valence-electron chi connectivity index (χ1n) is 4.65. The zero-order valence-corrected chi connectivity index (χ0v) is 7.59. The normalized spacial score (nSPS) is 18.6. The molecule has 0 heterocycles. The van der Waals surface area contributed by atoms with Gasteiger partial charge >= 0.3 is 0 Å². The number of alkyl halides is 1. The number of hydrogen-bond donors (Lipinski definition) is 1. The van der Waals surface area contributed by atoms with E-state index < -0.39 is 0 Å². The van der Waals surface area contributed by atoms with Crippen LogP contribution < -0.4 is 5.73 Å². The summed E-state index contributed by atoms with van der Waals surface area (Å²) in [4.78, 5) is 0. The molecule has 0 saturated heterocycles. The first-order valence-corrected chi connectivity index (χ1v) is 4.65. The van der Waals surface area contributed by atoms with Crippen LogP contribution in [0.3, 0.4) is 0 Å². The minimum atomic E-state index is -0.384. The Hall–Kier alpha value is -0.890. The molecule has 13 heavy (non-hydrogen) atoms. The standard InChI is InChI=1S/C11H14FN/c12-8-10-3-1-2-9(6-10)7-11(13)4-5-11/h1-3,6H,4-5,7-8,13H2. The molecule has 0 atom stereocenters. The fourth-order valence-electron chi connectivity index (χ4n) is 1.57. The summed E-state index contributed by atoms with van der Waals surface area (Å²) in [6, 6.07) is 7.63. The number of benzene rings is 1. The molecule has 1 nitrogen and oxygen atoms in total. The van der Waals surface area contributed by atoms with Gasteiger partial charge < -0.3 is 5.73 Å². The van der Waals surface area contributed by atoms with E-state index in [4.69, 9.17) is 5.73 Å². The minimum Gasteiger partial charge on any atom is -0.325 e. The van der Waals surface area contributed by atoms with Crippen molar-refractivity contribution in [3.63, 3.8) is 0 Å². The molecule has 1 aromatic rings. The molecule has 1 fully saturated rings. The van der Waals surface area contributed by atoms with Crippen molar-refractivity contribution in [2.45, 2.75) is 31.5 Å². The molecule has 2 rings (SSSR count). The molecule has 0 spiro atoms. The lowest BCUT2D eigenvalue weighted by Gasteiger charge is -2.08. The second-order valence-electron chi connectivity index (χ2n) is 3.99. The summed E-state index contributed by atoms with van der Waals surface area (Å²) >= 11 is 0. The molecule has 0 aromatic heterocycles. The van der Waals surface area contributed by atoms with Gasteiger partial charge in [0.2, 0.25) is 0 Å². The van der Waals surface area contributed by atoms with Gasteiger partial charge in [-0.3, -0.25) is 0 Å². The van der Waals surface area contributed by atoms with Crippen LogP contribution in [0, 0.1) is 0 Å². The molecule has 0 bridgehead atoms. The molecule has 1 aliphatic rings. The summed E-state index contributed by atoms with van der Waals surface area (Å²) in [5.74, 6) is 0. The lowest BCUT2D eigenvalue weighted by molar-refractivity contribution is 0.484. The zero-order chi connectivity index (χ0) is 9.31. The van der Waals surface area contributed by atoms with E-state index in [1.807, 2.05) is 18.2 Å². The quantitative estimate of drug-likeness (QED) is 0.756. The van der Waals surface area contributed by atoms with E-state index in [0.29, 0.717) is 0 Å². The van der Waals surface area contributed by atoms with Crippen molar-refractivity contribution in [3.8, 4) is 0 Å². The van der Waals surface area contributed by atoms with Crippen LogP contribution in [-0.4, -0.2) is 5.54 Å². The summed E-state index contributed by atoms with van der Waals surface area (Å²) in [6.45, 7) is -0.384. The smallest absolute Gasteiger partial charge is 0.115 e. The van der Waals surface area contributed by atoms with Gasteiger partial charge in [0.1, 0.15) is 6.67 Å². The van der Waals surface area contributed by atoms with Crippen molar-refractivity contribution in [3.05, 3.63) is 35.4 Å². The first-order chi connectivity index (χ1) is 6.22. The van der Waals surface area contributed by atoms with Crippen LogP contribution in [0.1, 0.15) is 24.0 Å². The molecule has 0 amide bonds. The van der Waals surface area contributed by atoms with Crippen molar-refractivity contribution in [2.24, 2.45) is 5.73 Å². The minimum absolute atomic E-state index is 0.0228. The second kappa shape index (κ2) is 3.11. The molecule has 0 radical (unpaired) electrons. The van der Waals surface area contributed by atoms with E-state index in [1.54, 1.807) is 6.07 Å². The van der Waals surface area contributed by atoms with E-state index >= 15 is 0 Å². The Bertz CT molecular complexity index is 305. The molecule has 0 aliphatic heterocycles. The fraction of sp³-hybridized carbons (Fsp3) is 0.455. The van der Waals surface area contributed by atoms with Gasteiger partial charge in [0.15, 0.2) is 0 Å². The van der Waals surface area contributed by atoms with E-state index in [-0.39, 0.29) is 12.2 Å². The van der Waals surface area contributed by atoms with Crippen molar-refractivity contribution in [1.29, 1.82) is 0 Å². The molecule has 1 aromatic carbocycles. The Kier molecular flexibility index (Phi) is 2.08. The summed E-state index contributed by atoms with van der Waals surface area (Å²) in [7, 11) is 0. The maximum atomic E-state index is 12.3. The summed E-state index contributed by atoms with van der Waals surface area (Å²) in [6.07, 6.45) is 3.10. The first kappa shape index (κ1) is 8.70. The number of hydrogen-bond acceptors (Lipinski definition) is 1. The van der Waals surface area contributed by atoms with Gasteiger partial charge in [-0.25, -0.2) is 4.39 Å². The van der Waals surface area contributed by atoms with Crippen molar-refractivity contribution < 1.29 is 4.39 Å². The molecule has 1 aliphatic carbocycles. The van der Waals surface area contributed by atoms with E-state index in [9.17, 15) is 4.39 Å². The van der Waals surface area contributed by atoms with Gasteiger partial charge in [-0.15, -0.1) is 0 Å². The number of rotatable bonds is 3. The van der Waals surface area contributed by atoms with Gasteiger partial charge in [0.05, 0.1) is 0 Å². The Morgan fingerprint density at radius 3 is 2.62 bits per heavy atom. The van der Waals surface area contributed by atoms with Crippen molar-refractivity contribution >= 4 is 0 Å². The highest BCUT2D eigenvalue weighted by Gasteiger charge is 2.37. The number of halogens is 1. The van der Waals surface area contributed by atoms with Crippen molar-refractivity contribution in [2.75, 3.05) is 0 Å². The van der Waals surface area contributed by atoms with Crippen LogP contribution in [0.2, 0.25) is 0 Å². The average molecular weight is 179 g/mol. The highest BCUT2D eigenvalue weighted by Crippen LogP contribution is 2.35. The monoisotopic (exact) mass is 179 g/mol. The molecule has 2 N–H and O–H groups in total. The average Bonchev–Trinajstić information content (AvgIpc) is 2.84. The lowest BCUT2D eigenvalue weighted by Crippen LogP contribution is -2.24. The summed E-state index contributed by atoms with van der Waals surface area (Å²) in [5, 5.41) is 0. The largest absolute Gasteiger partial charge is 0.325 e. The zero-order valence-electron chi connectivity index (χ0n) is 7.59. The molecule has 0 unspecified atom stereocenters. The molecular weight excluding hydrogens is 165 g/mol. The van der Waals surface area contributed by atoms with Crippen LogP contribution in [0.5, 0.6) is 0 Å². The number of nitrogens with two attached hydrogens (primary N) is 1. The van der Waals surface area contributed by atoms with Gasteiger partial charge in [0, 0.05) is 5.54 Å². The Morgan fingerprint density at radius 1 is 1.31 bits per heavy atom. The molecule has 2 heteroatoms. The third-order valence-corrected chi connectivity index (χ3v) is 2.59. The second-order valence-corrected chi connectivity index (χ2v) is 3.99. The maximum Gasteiger partial charge on any atom is 0.115 e. The Balaban J connectivity index is 2.11. The highest BCUT2D eigenvalue weighted by atomic mass is 19.1. The van der Waals surface area contributed by atoms with Gasteiger partial charge in [-0.1, -0.05) is 24.3 Å².